The second kappa shape index (κ2) is 8.96. The lowest BCUT2D eigenvalue weighted by atomic mass is 10.0. The molecule has 1 saturated heterocycles. The molecule has 0 amide bonds. The fourth-order valence-corrected chi connectivity index (χ4v) is 3.61. The molecule has 1 fully saturated rings. The van der Waals surface area contributed by atoms with Crippen LogP contribution < -0.4 is 15.8 Å². The van der Waals surface area contributed by atoms with Gasteiger partial charge in [-0.2, -0.15) is 0 Å². The Morgan fingerprint density at radius 1 is 1.35 bits per heavy atom. The molecule has 6 nitrogen and oxygen atoms in total. The summed E-state index contributed by atoms with van der Waals surface area (Å²) in [6.07, 6.45) is 6.45. The Kier molecular flexibility index (Phi) is 6.41. The van der Waals surface area contributed by atoms with Crippen LogP contribution in [0, 0.1) is 0 Å². The molecule has 2 atom stereocenters. The Morgan fingerprint density at radius 2 is 2.15 bits per heavy atom. The van der Waals surface area contributed by atoms with E-state index in [0.29, 0.717) is 18.5 Å². The molecule has 2 aromatic rings. The Hall–Kier alpha value is -2.18. The van der Waals surface area contributed by atoms with Gasteiger partial charge in [-0.3, -0.25) is 4.79 Å². The summed E-state index contributed by atoms with van der Waals surface area (Å²) in [6, 6.07) is 11.0. The van der Waals surface area contributed by atoms with E-state index in [2.05, 4.69) is 39.5 Å². The summed E-state index contributed by atoms with van der Waals surface area (Å²) >= 11 is 0. The number of piperidine rings is 1. The third-order valence-electron chi connectivity index (χ3n) is 4.88. The lowest BCUT2D eigenvalue weighted by Crippen LogP contribution is -2.52. The van der Waals surface area contributed by atoms with Gasteiger partial charge in [0.1, 0.15) is 0 Å². The number of nitrogens with one attached hydrogen (secondary N) is 1. The van der Waals surface area contributed by atoms with Crippen LogP contribution in [-0.4, -0.2) is 48.4 Å². The first-order valence-electron chi connectivity index (χ1n) is 9.23. The van der Waals surface area contributed by atoms with Crippen molar-refractivity contribution in [2.24, 2.45) is 7.05 Å². The van der Waals surface area contributed by atoms with Crippen molar-refractivity contribution in [2.45, 2.75) is 31.3 Å². The molecule has 0 aliphatic carbocycles. The number of ether oxygens (including phenoxy) is 1. The van der Waals surface area contributed by atoms with E-state index in [9.17, 15) is 4.79 Å². The zero-order chi connectivity index (χ0) is 18.4. The summed E-state index contributed by atoms with van der Waals surface area (Å²) in [7, 11) is 3.51. The molecule has 1 aromatic carbocycles. The van der Waals surface area contributed by atoms with Gasteiger partial charge in [-0.1, -0.05) is 30.3 Å². The van der Waals surface area contributed by atoms with Gasteiger partial charge in [-0.15, -0.1) is 0 Å². The molecule has 1 aromatic heterocycles. The van der Waals surface area contributed by atoms with E-state index in [1.807, 2.05) is 6.07 Å². The molecule has 0 bridgehead atoms. The maximum absolute atomic E-state index is 12.4. The molecule has 0 saturated carbocycles. The van der Waals surface area contributed by atoms with E-state index in [1.165, 1.54) is 5.56 Å². The fraction of sp³-hybridized carbons (Fsp3) is 0.500. The molecule has 1 N–H and O–H groups in total. The van der Waals surface area contributed by atoms with Crippen LogP contribution in [0.25, 0.3) is 0 Å². The molecule has 2 heterocycles. The number of nitrogens with zero attached hydrogens (tertiary/aromatic N) is 3. The minimum atomic E-state index is -0.0362. The second-order valence-electron chi connectivity index (χ2n) is 6.96. The van der Waals surface area contributed by atoms with E-state index in [0.717, 1.165) is 32.4 Å². The van der Waals surface area contributed by atoms with Gasteiger partial charge in [0.25, 0.3) is 5.56 Å². The number of benzene rings is 1. The van der Waals surface area contributed by atoms with Crippen LogP contribution in [0.4, 0.5) is 5.82 Å². The van der Waals surface area contributed by atoms with Crippen molar-refractivity contribution >= 4 is 5.82 Å². The normalized spacial score (nSPS) is 18.7. The van der Waals surface area contributed by atoms with Crippen LogP contribution >= 0.6 is 0 Å². The van der Waals surface area contributed by atoms with Crippen LogP contribution in [0.3, 0.4) is 0 Å². The molecule has 6 heteroatoms. The van der Waals surface area contributed by atoms with E-state index >= 15 is 0 Å². The summed E-state index contributed by atoms with van der Waals surface area (Å²) in [6.45, 7) is 2.33. The Balaban J connectivity index is 1.66. The highest BCUT2D eigenvalue weighted by Crippen LogP contribution is 2.16. The third kappa shape index (κ3) is 4.71. The molecule has 140 valence electrons. The van der Waals surface area contributed by atoms with Crippen molar-refractivity contribution in [3.8, 4) is 0 Å². The van der Waals surface area contributed by atoms with Gasteiger partial charge in [-0.05, 0) is 24.8 Å². The summed E-state index contributed by atoms with van der Waals surface area (Å²) in [5, 5.41) is 3.74. The van der Waals surface area contributed by atoms with Gasteiger partial charge in [0.2, 0.25) is 0 Å². The second-order valence-corrected chi connectivity index (χ2v) is 6.96. The third-order valence-corrected chi connectivity index (χ3v) is 4.88. The molecule has 1 aliphatic heterocycles. The average molecular weight is 356 g/mol. The predicted octanol–water partition coefficient (Wildman–Crippen LogP) is 1.60. The predicted molar refractivity (Wildman–Crippen MR) is 104 cm³/mol. The lowest BCUT2D eigenvalue weighted by molar-refractivity contribution is 0.157. The number of methoxy groups -OCH3 is 1. The fourth-order valence-electron chi connectivity index (χ4n) is 3.61. The summed E-state index contributed by atoms with van der Waals surface area (Å²) in [4.78, 5) is 18.8. The number of hydrogen-bond acceptors (Lipinski definition) is 5. The quantitative estimate of drug-likeness (QED) is 0.817. The highest BCUT2D eigenvalue weighted by molar-refractivity contribution is 5.36. The van der Waals surface area contributed by atoms with Gasteiger partial charge in [0, 0.05) is 51.7 Å². The Bertz CT molecular complexity index is 747. The van der Waals surface area contributed by atoms with E-state index in [4.69, 9.17) is 4.74 Å². The van der Waals surface area contributed by atoms with Gasteiger partial charge in [-0.25, -0.2) is 4.98 Å². The number of aryl methyl sites for hydroxylation is 1. The zero-order valence-corrected chi connectivity index (χ0v) is 15.6. The molecule has 1 aliphatic rings. The van der Waals surface area contributed by atoms with Gasteiger partial charge in [0.05, 0.1) is 6.61 Å². The van der Waals surface area contributed by atoms with Crippen LogP contribution in [0.5, 0.6) is 0 Å². The van der Waals surface area contributed by atoms with Gasteiger partial charge < -0.3 is 19.5 Å². The minimum Gasteiger partial charge on any atom is -0.383 e. The number of hydrogen-bond donors (Lipinski definition) is 1. The maximum atomic E-state index is 12.4. The average Bonchev–Trinajstić information content (AvgIpc) is 2.65. The molecular formula is C20H28N4O2. The van der Waals surface area contributed by atoms with Crippen LogP contribution in [-0.2, 0) is 18.2 Å². The van der Waals surface area contributed by atoms with Crippen molar-refractivity contribution in [1.29, 1.82) is 0 Å². The molecule has 3 rings (SSSR count). The molecule has 2 unspecified atom stereocenters. The van der Waals surface area contributed by atoms with Gasteiger partial charge >= 0.3 is 0 Å². The van der Waals surface area contributed by atoms with Crippen molar-refractivity contribution in [1.82, 2.24) is 14.9 Å². The topological polar surface area (TPSA) is 59.4 Å². The highest BCUT2D eigenvalue weighted by Gasteiger charge is 2.25. The van der Waals surface area contributed by atoms with E-state index < -0.39 is 0 Å². The first-order valence-corrected chi connectivity index (χ1v) is 9.23. The van der Waals surface area contributed by atoms with Crippen LogP contribution in [0.1, 0.15) is 18.4 Å². The van der Waals surface area contributed by atoms with Crippen molar-refractivity contribution in [2.75, 3.05) is 31.7 Å². The minimum absolute atomic E-state index is 0.0362. The Labute approximate surface area is 154 Å². The lowest BCUT2D eigenvalue weighted by Gasteiger charge is -2.35. The Morgan fingerprint density at radius 3 is 2.92 bits per heavy atom. The standard InChI is InChI=1S/C20H28N4O2/c1-23-12-10-21-19(20(23)25)24-11-6-9-17(14-24)22-18(15-26-2)13-16-7-4-3-5-8-16/h3-5,7-8,10,12,17-18,22H,6,9,11,13-15H2,1-2H3. The largest absolute Gasteiger partial charge is 0.383 e. The molecule has 0 spiro atoms. The zero-order valence-electron chi connectivity index (χ0n) is 15.6. The first kappa shape index (κ1) is 18.6. The number of anilines is 1. The SMILES string of the molecule is COCC(Cc1ccccc1)NC1CCCN(c2nccn(C)c2=O)C1. The first-order chi connectivity index (χ1) is 12.7. The van der Waals surface area contributed by atoms with Crippen molar-refractivity contribution < 1.29 is 4.74 Å². The molecule has 0 radical (unpaired) electrons. The number of aromatic nitrogens is 2. The smallest absolute Gasteiger partial charge is 0.293 e. The highest BCUT2D eigenvalue weighted by atomic mass is 16.5. The summed E-state index contributed by atoms with van der Waals surface area (Å²) in [5.41, 5.74) is 1.26. The van der Waals surface area contributed by atoms with Crippen LogP contribution in [0.15, 0.2) is 47.5 Å². The van der Waals surface area contributed by atoms with E-state index in [1.54, 1.807) is 31.1 Å². The monoisotopic (exact) mass is 356 g/mol. The molecular weight excluding hydrogens is 328 g/mol. The van der Waals surface area contributed by atoms with Gasteiger partial charge in [0.15, 0.2) is 5.82 Å². The summed E-state index contributed by atoms with van der Waals surface area (Å²) < 4.78 is 7.01. The molecule has 26 heavy (non-hydrogen) atoms. The van der Waals surface area contributed by atoms with E-state index in [-0.39, 0.29) is 11.6 Å². The van der Waals surface area contributed by atoms with Crippen molar-refractivity contribution in [3.63, 3.8) is 0 Å². The maximum Gasteiger partial charge on any atom is 0.293 e. The van der Waals surface area contributed by atoms with Crippen LogP contribution in [0.2, 0.25) is 0 Å². The summed E-state index contributed by atoms with van der Waals surface area (Å²) in [5.74, 6) is 0.549. The van der Waals surface area contributed by atoms with Crippen molar-refractivity contribution in [3.05, 3.63) is 58.6 Å². The number of rotatable bonds is 7.